The highest BCUT2D eigenvalue weighted by Gasteiger charge is 2.27. The van der Waals surface area contributed by atoms with Crippen molar-refractivity contribution in [1.29, 1.82) is 0 Å². The molecule has 21 heavy (non-hydrogen) atoms. The fraction of sp³-hybridized carbons (Fsp3) is 0.500. The van der Waals surface area contributed by atoms with Crippen LogP contribution in [0.2, 0.25) is 0 Å². The van der Waals surface area contributed by atoms with E-state index in [9.17, 15) is 13.2 Å². The molecular formula is C14H20N2O4S. The minimum atomic E-state index is -3.26. The van der Waals surface area contributed by atoms with E-state index >= 15 is 0 Å². The maximum Gasteiger partial charge on any atom is 0.257 e. The number of rotatable bonds is 4. The highest BCUT2D eigenvalue weighted by molar-refractivity contribution is 7.88. The largest absolute Gasteiger partial charge is 0.496 e. The molecule has 0 radical (unpaired) electrons. The lowest BCUT2D eigenvalue weighted by atomic mass is 10.0. The highest BCUT2D eigenvalue weighted by atomic mass is 32.2. The van der Waals surface area contributed by atoms with Crippen LogP contribution in [0.5, 0.6) is 5.75 Å². The first kappa shape index (κ1) is 15.8. The van der Waals surface area contributed by atoms with Crippen LogP contribution in [0.4, 0.5) is 0 Å². The van der Waals surface area contributed by atoms with Crippen molar-refractivity contribution in [2.24, 2.45) is 0 Å². The Morgan fingerprint density at radius 1 is 1.38 bits per heavy atom. The average molecular weight is 312 g/mol. The molecule has 1 heterocycles. The van der Waals surface area contributed by atoms with Gasteiger partial charge in [-0.2, -0.15) is 0 Å². The Bertz CT molecular complexity index is 615. The molecule has 1 amide bonds. The number of benzene rings is 1. The molecule has 6 nitrogen and oxygen atoms in total. The number of piperidine rings is 1. The third kappa shape index (κ3) is 4.18. The number of nitrogens with zero attached hydrogens (tertiary/aromatic N) is 1. The quantitative estimate of drug-likeness (QED) is 0.894. The van der Waals surface area contributed by atoms with Crippen LogP contribution in [0.25, 0.3) is 0 Å². The molecule has 1 aliphatic rings. The minimum absolute atomic E-state index is 0.132. The van der Waals surface area contributed by atoms with Gasteiger partial charge in [-0.15, -0.1) is 0 Å². The Hall–Kier alpha value is -1.60. The third-order valence-corrected chi connectivity index (χ3v) is 4.19. The first-order valence-electron chi connectivity index (χ1n) is 6.80. The van der Waals surface area contributed by atoms with Crippen LogP contribution in [0, 0.1) is 0 Å². The first-order chi connectivity index (χ1) is 9.90. The Kier molecular flexibility index (Phi) is 4.84. The lowest BCUT2D eigenvalue weighted by molar-refractivity contribution is 0.0699. The van der Waals surface area contributed by atoms with Gasteiger partial charge in [0.05, 0.1) is 18.9 Å². The number of methoxy groups -OCH3 is 1. The highest BCUT2D eigenvalue weighted by Crippen LogP contribution is 2.21. The van der Waals surface area contributed by atoms with Gasteiger partial charge >= 0.3 is 0 Å². The monoisotopic (exact) mass is 312 g/mol. The number of amides is 1. The molecule has 0 aliphatic carbocycles. The summed E-state index contributed by atoms with van der Waals surface area (Å²) in [5, 5.41) is 0. The van der Waals surface area contributed by atoms with Gasteiger partial charge in [-0.3, -0.25) is 4.79 Å². The van der Waals surface area contributed by atoms with Crippen LogP contribution in [0.1, 0.15) is 23.2 Å². The van der Waals surface area contributed by atoms with E-state index in [4.69, 9.17) is 4.74 Å². The second-order valence-corrected chi connectivity index (χ2v) is 6.96. The molecule has 1 aliphatic heterocycles. The number of sulfonamides is 1. The molecular weight excluding hydrogens is 292 g/mol. The van der Waals surface area contributed by atoms with Crippen molar-refractivity contribution in [3.63, 3.8) is 0 Å². The molecule has 1 unspecified atom stereocenters. The molecule has 0 aromatic heterocycles. The lowest BCUT2D eigenvalue weighted by Crippen LogP contribution is -2.49. The van der Waals surface area contributed by atoms with Crippen molar-refractivity contribution in [1.82, 2.24) is 9.62 Å². The first-order valence-corrected chi connectivity index (χ1v) is 8.69. The number of likely N-dealkylation sites (tertiary alicyclic amines) is 1. The van der Waals surface area contributed by atoms with Gasteiger partial charge in [0.25, 0.3) is 5.91 Å². The SMILES string of the molecule is COc1ccccc1C(=O)N1CCCC(NS(C)(=O)=O)C1. The zero-order valence-corrected chi connectivity index (χ0v) is 13.0. The van der Waals surface area contributed by atoms with Crippen LogP contribution < -0.4 is 9.46 Å². The van der Waals surface area contributed by atoms with Gasteiger partial charge in [-0.25, -0.2) is 13.1 Å². The van der Waals surface area contributed by atoms with Crippen molar-refractivity contribution < 1.29 is 17.9 Å². The minimum Gasteiger partial charge on any atom is -0.496 e. The number of nitrogens with one attached hydrogen (secondary N) is 1. The maximum atomic E-state index is 12.6. The normalized spacial score (nSPS) is 19.3. The second-order valence-electron chi connectivity index (χ2n) is 5.18. The van der Waals surface area contributed by atoms with E-state index in [2.05, 4.69) is 4.72 Å². The molecule has 1 aromatic rings. The van der Waals surface area contributed by atoms with Crippen molar-refractivity contribution in [3.05, 3.63) is 29.8 Å². The van der Waals surface area contributed by atoms with Crippen molar-refractivity contribution in [3.8, 4) is 5.75 Å². The number of carbonyl (C=O) groups is 1. The Morgan fingerprint density at radius 2 is 2.10 bits per heavy atom. The Labute approximate surface area is 125 Å². The van der Waals surface area contributed by atoms with Gasteiger partial charge in [0.1, 0.15) is 5.75 Å². The predicted molar refractivity (Wildman–Crippen MR) is 79.9 cm³/mol. The molecule has 1 N–H and O–H groups in total. The fourth-order valence-corrected chi connectivity index (χ4v) is 3.35. The summed E-state index contributed by atoms with van der Waals surface area (Å²) < 4.78 is 30.4. The van der Waals surface area contributed by atoms with Gasteiger partial charge in [0, 0.05) is 19.1 Å². The molecule has 1 aromatic carbocycles. The topological polar surface area (TPSA) is 75.7 Å². The van der Waals surface area contributed by atoms with E-state index in [-0.39, 0.29) is 11.9 Å². The van der Waals surface area contributed by atoms with Gasteiger partial charge in [0.2, 0.25) is 10.0 Å². The summed E-state index contributed by atoms with van der Waals surface area (Å²) in [6.45, 7) is 1.00. The number of ether oxygens (including phenoxy) is 1. The summed E-state index contributed by atoms with van der Waals surface area (Å²) in [4.78, 5) is 14.2. The lowest BCUT2D eigenvalue weighted by Gasteiger charge is -2.33. The Morgan fingerprint density at radius 3 is 2.76 bits per heavy atom. The van der Waals surface area contributed by atoms with E-state index in [1.54, 1.807) is 29.2 Å². The van der Waals surface area contributed by atoms with Gasteiger partial charge < -0.3 is 9.64 Å². The fourth-order valence-electron chi connectivity index (χ4n) is 2.55. The molecule has 0 spiro atoms. The van der Waals surface area contributed by atoms with E-state index in [1.165, 1.54) is 7.11 Å². The van der Waals surface area contributed by atoms with Crippen LogP contribution in [-0.2, 0) is 10.0 Å². The zero-order chi connectivity index (χ0) is 15.5. The number of hydrogen-bond acceptors (Lipinski definition) is 4. The second kappa shape index (κ2) is 6.44. The van der Waals surface area contributed by atoms with Crippen LogP contribution in [0.15, 0.2) is 24.3 Å². The summed E-state index contributed by atoms with van der Waals surface area (Å²) in [5.74, 6) is 0.396. The molecule has 0 bridgehead atoms. The molecule has 1 saturated heterocycles. The maximum absolute atomic E-state index is 12.6. The van der Waals surface area contributed by atoms with Crippen LogP contribution in [-0.4, -0.2) is 51.7 Å². The number of carbonyl (C=O) groups excluding carboxylic acids is 1. The van der Waals surface area contributed by atoms with E-state index in [0.717, 1.165) is 19.1 Å². The molecule has 0 saturated carbocycles. The van der Waals surface area contributed by atoms with Crippen molar-refractivity contribution >= 4 is 15.9 Å². The summed E-state index contributed by atoms with van der Waals surface area (Å²) in [6, 6.07) is 6.82. The molecule has 2 rings (SSSR count). The van der Waals surface area contributed by atoms with Gasteiger partial charge in [-0.05, 0) is 25.0 Å². The summed E-state index contributed by atoms with van der Waals surface area (Å²) in [7, 11) is -1.74. The average Bonchev–Trinajstić information content (AvgIpc) is 2.45. The summed E-state index contributed by atoms with van der Waals surface area (Å²) in [6.07, 6.45) is 2.64. The van der Waals surface area contributed by atoms with Crippen LogP contribution in [0.3, 0.4) is 0 Å². The number of para-hydroxylation sites is 1. The molecule has 1 atom stereocenters. The van der Waals surface area contributed by atoms with Crippen molar-refractivity contribution in [2.75, 3.05) is 26.5 Å². The summed E-state index contributed by atoms with van der Waals surface area (Å²) >= 11 is 0. The molecule has 1 fully saturated rings. The predicted octanol–water partition coefficient (Wildman–Crippen LogP) is 0.849. The van der Waals surface area contributed by atoms with Gasteiger partial charge in [0.15, 0.2) is 0 Å². The van der Waals surface area contributed by atoms with Gasteiger partial charge in [-0.1, -0.05) is 12.1 Å². The van der Waals surface area contributed by atoms with Crippen molar-refractivity contribution in [2.45, 2.75) is 18.9 Å². The van der Waals surface area contributed by atoms with E-state index < -0.39 is 10.0 Å². The standard InChI is InChI=1S/C14H20N2O4S/c1-20-13-8-4-3-7-12(13)14(17)16-9-5-6-11(10-16)15-21(2,18)19/h3-4,7-8,11,15H,5-6,9-10H2,1-2H3. The number of hydrogen-bond donors (Lipinski definition) is 1. The molecule has 7 heteroatoms. The third-order valence-electron chi connectivity index (χ3n) is 3.43. The zero-order valence-electron chi connectivity index (χ0n) is 12.2. The van der Waals surface area contributed by atoms with E-state index in [1.807, 2.05) is 0 Å². The Balaban J connectivity index is 2.12. The smallest absolute Gasteiger partial charge is 0.257 e. The van der Waals surface area contributed by atoms with Crippen LogP contribution >= 0.6 is 0 Å². The molecule has 116 valence electrons. The summed E-state index contributed by atoms with van der Waals surface area (Å²) in [5.41, 5.74) is 0.500. The van der Waals surface area contributed by atoms with E-state index in [0.29, 0.717) is 24.4 Å².